The predicted molar refractivity (Wildman–Crippen MR) is 262 cm³/mol. The summed E-state index contributed by atoms with van der Waals surface area (Å²) in [6.45, 7) is 9.81. The second kappa shape index (κ2) is 14.6. The molecule has 0 bridgehead atoms. The Morgan fingerprint density at radius 2 is 0.919 bits per heavy atom. The maximum atomic E-state index is 2.58. The molecule has 0 aliphatic heterocycles. The van der Waals surface area contributed by atoms with Crippen molar-refractivity contribution in [3.63, 3.8) is 0 Å². The van der Waals surface area contributed by atoms with Crippen LogP contribution in [-0.2, 0) is 16.2 Å². The van der Waals surface area contributed by atoms with Gasteiger partial charge in [-0.3, -0.25) is 0 Å². The van der Waals surface area contributed by atoms with Gasteiger partial charge < -0.3 is 4.90 Å². The van der Waals surface area contributed by atoms with E-state index in [2.05, 4.69) is 245 Å². The molecule has 1 nitrogen and oxygen atoms in total. The van der Waals surface area contributed by atoms with Gasteiger partial charge >= 0.3 is 0 Å². The van der Waals surface area contributed by atoms with Gasteiger partial charge in [-0.15, -0.1) is 0 Å². The van der Waals surface area contributed by atoms with Gasteiger partial charge in [0, 0.05) is 16.6 Å². The van der Waals surface area contributed by atoms with Crippen LogP contribution in [0.25, 0.3) is 44.2 Å². The Bertz CT molecular complexity index is 3060. The molecule has 1 heteroatoms. The number of anilines is 3. The van der Waals surface area contributed by atoms with Crippen LogP contribution in [0.4, 0.5) is 17.1 Å². The van der Waals surface area contributed by atoms with E-state index >= 15 is 0 Å². The number of nitrogens with zero attached hydrogens (tertiary/aromatic N) is 1. The zero-order valence-corrected chi connectivity index (χ0v) is 36.1. The zero-order valence-electron chi connectivity index (χ0n) is 36.1. The molecule has 0 saturated carbocycles. The lowest BCUT2D eigenvalue weighted by atomic mass is 9.61. The maximum Gasteiger partial charge on any atom is 0.0714 e. The fourth-order valence-corrected chi connectivity index (χ4v) is 11.1. The normalized spacial score (nSPS) is 15.4. The van der Waals surface area contributed by atoms with Crippen LogP contribution >= 0.6 is 0 Å². The Hall–Kier alpha value is -6.96. The Morgan fingerprint density at radius 1 is 0.371 bits per heavy atom. The number of hydrogen-bond donors (Lipinski definition) is 0. The van der Waals surface area contributed by atoms with Crippen molar-refractivity contribution >= 4 is 27.8 Å². The average molecular weight is 798 g/mol. The van der Waals surface area contributed by atoms with Gasteiger partial charge in [0.2, 0.25) is 0 Å². The van der Waals surface area contributed by atoms with Gasteiger partial charge in [-0.05, 0) is 121 Å². The highest BCUT2D eigenvalue weighted by molar-refractivity contribution is 6.03. The fraction of sp³-hybridized carbons (Fsp3) is 0.148. The smallest absolute Gasteiger partial charge is 0.0714 e. The van der Waals surface area contributed by atoms with Crippen molar-refractivity contribution in [2.75, 3.05) is 4.90 Å². The van der Waals surface area contributed by atoms with E-state index in [1.165, 1.54) is 83.2 Å². The van der Waals surface area contributed by atoms with Gasteiger partial charge in [0.25, 0.3) is 0 Å². The van der Waals surface area contributed by atoms with E-state index < -0.39 is 5.41 Å². The van der Waals surface area contributed by atoms with Crippen molar-refractivity contribution in [2.45, 2.75) is 56.8 Å². The molecule has 2 aliphatic rings. The summed E-state index contributed by atoms with van der Waals surface area (Å²) < 4.78 is 0. The van der Waals surface area contributed by atoms with Gasteiger partial charge in [0.05, 0.1) is 16.8 Å². The second-order valence-electron chi connectivity index (χ2n) is 18.7. The van der Waals surface area contributed by atoms with E-state index in [9.17, 15) is 0 Å². The molecule has 62 heavy (non-hydrogen) atoms. The van der Waals surface area contributed by atoms with Crippen LogP contribution in [-0.4, -0.2) is 0 Å². The number of hydrogen-bond acceptors (Lipinski definition) is 1. The van der Waals surface area contributed by atoms with E-state index in [-0.39, 0.29) is 10.8 Å². The van der Waals surface area contributed by atoms with E-state index in [0.717, 1.165) is 24.2 Å². The molecule has 0 aromatic heterocycles. The van der Waals surface area contributed by atoms with Gasteiger partial charge in [-0.1, -0.05) is 210 Å². The summed E-state index contributed by atoms with van der Waals surface area (Å²) in [6.07, 6.45) is 2.29. The topological polar surface area (TPSA) is 3.24 Å². The number of rotatable bonds is 7. The lowest BCUT2D eigenvalue weighted by Crippen LogP contribution is -2.34. The summed E-state index contributed by atoms with van der Waals surface area (Å²) >= 11 is 0. The highest BCUT2D eigenvalue weighted by atomic mass is 15.1. The SMILES string of the molecule is CC1(C)CCC(C)(C)c2c(-c3cc4c(cc3N(c3ccc(-c5ccccc5)cc3)c3cccc5ccccc35)C(c3ccccc3)(c3ccccc3)c3ccccc3-4)cccc21. The van der Waals surface area contributed by atoms with Crippen LogP contribution in [0.15, 0.2) is 212 Å². The third kappa shape index (κ3) is 5.90. The minimum atomic E-state index is -0.555. The van der Waals surface area contributed by atoms with Crippen molar-refractivity contribution in [1.29, 1.82) is 0 Å². The minimum Gasteiger partial charge on any atom is -0.309 e. The minimum absolute atomic E-state index is 0.0188. The lowest BCUT2D eigenvalue weighted by Gasteiger charge is -2.43. The molecule has 0 saturated heterocycles. The van der Waals surface area contributed by atoms with E-state index in [1.54, 1.807) is 0 Å². The molecule has 0 spiro atoms. The first-order chi connectivity index (χ1) is 30.3. The van der Waals surface area contributed by atoms with Crippen molar-refractivity contribution in [1.82, 2.24) is 0 Å². The molecule has 0 atom stereocenters. The molecule has 9 aromatic rings. The summed E-state index contributed by atoms with van der Waals surface area (Å²) in [6, 6.07) is 79.4. The van der Waals surface area contributed by atoms with Crippen LogP contribution in [0.2, 0.25) is 0 Å². The van der Waals surface area contributed by atoms with Crippen molar-refractivity contribution in [3.05, 3.63) is 246 Å². The van der Waals surface area contributed by atoms with Crippen LogP contribution in [0.3, 0.4) is 0 Å². The van der Waals surface area contributed by atoms with Gasteiger partial charge in [0.15, 0.2) is 0 Å². The van der Waals surface area contributed by atoms with E-state index in [1.807, 2.05) is 0 Å². The Kier molecular flexibility index (Phi) is 8.95. The van der Waals surface area contributed by atoms with E-state index in [0.29, 0.717) is 0 Å². The van der Waals surface area contributed by atoms with Gasteiger partial charge in [-0.2, -0.15) is 0 Å². The third-order valence-corrected chi connectivity index (χ3v) is 14.2. The molecule has 11 rings (SSSR count). The van der Waals surface area contributed by atoms with Crippen LogP contribution in [0.5, 0.6) is 0 Å². The predicted octanol–water partition coefficient (Wildman–Crippen LogP) is 16.4. The van der Waals surface area contributed by atoms with Crippen molar-refractivity contribution in [2.24, 2.45) is 0 Å². The molecule has 0 unspecified atom stereocenters. The highest BCUT2D eigenvalue weighted by Crippen LogP contribution is 2.60. The summed E-state index contributed by atoms with van der Waals surface area (Å²) in [5.74, 6) is 0. The summed E-state index contributed by atoms with van der Waals surface area (Å²) in [4.78, 5) is 2.57. The Balaban J connectivity index is 1.30. The quantitative estimate of drug-likeness (QED) is 0.155. The van der Waals surface area contributed by atoms with Crippen LogP contribution in [0, 0.1) is 0 Å². The molecule has 0 radical (unpaired) electrons. The fourth-order valence-electron chi connectivity index (χ4n) is 11.1. The van der Waals surface area contributed by atoms with Crippen molar-refractivity contribution in [3.8, 4) is 33.4 Å². The maximum absolute atomic E-state index is 2.58. The standard InChI is InChI=1S/C61H51N/c1-59(2)38-39-60(3,4)58-50(30-19-32-54(58)59)52-40-51-49-29-16-17-31-53(49)61(45-24-10-6-11-25-45,46-26-12-7-13-27-46)55(51)41-57(52)62(56-33-18-23-44-22-14-15-28-48(44)56)47-36-34-43(35-37-47)42-20-8-5-9-21-42/h5-37,40-41H,38-39H2,1-4H3. The van der Waals surface area contributed by atoms with Crippen LogP contribution < -0.4 is 4.90 Å². The first kappa shape index (κ1) is 38.0. The molecular weight excluding hydrogens is 747 g/mol. The summed E-state index contributed by atoms with van der Waals surface area (Å²) in [5, 5.41) is 2.43. The van der Waals surface area contributed by atoms with Gasteiger partial charge in [-0.25, -0.2) is 0 Å². The first-order valence-corrected chi connectivity index (χ1v) is 22.2. The molecule has 0 N–H and O–H groups in total. The average Bonchev–Trinajstić information content (AvgIpc) is 3.61. The first-order valence-electron chi connectivity index (χ1n) is 22.2. The monoisotopic (exact) mass is 797 g/mol. The number of benzene rings is 9. The highest BCUT2D eigenvalue weighted by Gasteiger charge is 2.47. The molecular formula is C61H51N. The molecule has 9 aromatic carbocycles. The molecule has 0 amide bonds. The Labute approximate surface area is 367 Å². The van der Waals surface area contributed by atoms with Crippen molar-refractivity contribution < 1.29 is 0 Å². The molecule has 2 aliphatic carbocycles. The summed E-state index contributed by atoms with van der Waals surface area (Å²) in [5.41, 5.74) is 18.6. The third-order valence-electron chi connectivity index (χ3n) is 14.2. The molecule has 0 fully saturated rings. The van der Waals surface area contributed by atoms with Gasteiger partial charge in [0.1, 0.15) is 0 Å². The Morgan fingerprint density at radius 3 is 1.65 bits per heavy atom. The van der Waals surface area contributed by atoms with Crippen LogP contribution in [0.1, 0.15) is 73.9 Å². The zero-order chi connectivity index (χ0) is 42.1. The molecule has 0 heterocycles. The summed E-state index contributed by atoms with van der Waals surface area (Å²) in [7, 11) is 0. The lowest BCUT2D eigenvalue weighted by molar-refractivity contribution is 0.333. The number of fused-ring (bicyclic) bond motifs is 5. The second-order valence-corrected chi connectivity index (χ2v) is 18.7. The largest absolute Gasteiger partial charge is 0.309 e. The van der Waals surface area contributed by atoms with E-state index in [4.69, 9.17) is 0 Å². The molecule has 300 valence electrons.